The normalized spacial score (nSPS) is 14.4. The molecule has 0 bridgehead atoms. The zero-order valence-electron chi connectivity index (χ0n) is 19.0. The number of thiophene rings is 1. The molecule has 1 saturated heterocycles. The summed E-state index contributed by atoms with van der Waals surface area (Å²) in [6.45, 7) is 1.83. The van der Waals surface area contributed by atoms with Crippen molar-refractivity contribution >= 4 is 33.4 Å². The van der Waals surface area contributed by atoms with Crippen LogP contribution in [-0.4, -0.2) is 34.4 Å². The molecule has 2 aromatic carbocycles. The Kier molecular flexibility index (Phi) is 6.63. The molecule has 5 rings (SSSR count). The van der Waals surface area contributed by atoms with Crippen molar-refractivity contribution in [1.82, 2.24) is 14.8 Å². The molecule has 35 heavy (non-hydrogen) atoms. The summed E-state index contributed by atoms with van der Waals surface area (Å²) in [5.74, 6) is -0.847. The first-order chi connectivity index (χ1) is 17.0. The summed E-state index contributed by atoms with van der Waals surface area (Å²) < 4.78 is 29.4. The largest absolute Gasteiger partial charge is 0.352 e. The highest BCUT2D eigenvalue weighted by molar-refractivity contribution is 7.17. The number of amides is 2. The van der Waals surface area contributed by atoms with Gasteiger partial charge in [-0.15, -0.1) is 11.3 Å². The molecular weight excluding hydrogens is 468 g/mol. The van der Waals surface area contributed by atoms with Gasteiger partial charge >= 0.3 is 0 Å². The first kappa shape index (κ1) is 23.2. The predicted molar refractivity (Wildman–Crippen MR) is 132 cm³/mol. The number of rotatable bonds is 6. The number of nitrogens with zero attached hydrogens (tertiary/aromatic N) is 2. The van der Waals surface area contributed by atoms with E-state index in [1.165, 1.54) is 24.3 Å². The van der Waals surface area contributed by atoms with E-state index in [4.69, 9.17) is 0 Å². The second-order valence-corrected chi connectivity index (χ2v) is 9.77. The van der Waals surface area contributed by atoms with Crippen LogP contribution in [-0.2, 0) is 17.9 Å². The lowest BCUT2D eigenvalue weighted by molar-refractivity contribution is -0.126. The van der Waals surface area contributed by atoms with Crippen LogP contribution in [0, 0.1) is 17.6 Å². The summed E-state index contributed by atoms with van der Waals surface area (Å²) in [6, 6.07) is 16.3. The third kappa shape index (κ3) is 5.12. The Morgan fingerprint density at radius 3 is 2.20 bits per heavy atom. The van der Waals surface area contributed by atoms with Gasteiger partial charge in [0, 0.05) is 32.1 Å². The van der Waals surface area contributed by atoms with Crippen LogP contribution in [0.1, 0.15) is 34.5 Å². The zero-order chi connectivity index (χ0) is 24.4. The molecule has 0 saturated carbocycles. The topological polar surface area (TPSA) is 54.3 Å². The van der Waals surface area contributed by atoms with E-state index >= 15 is 0 Å². The molecule has 8 heteroatoms. The van der Waals surface area contributed by atoms with E-state index in [0.29, 0.717) is 44.7 Å². The maximum atomic E-state index is 13.5. The highest BCUT2D eigenvalue weighted by Gasteiger charge is 2.29. The summed E-state index contributed by atoms with van der Waals surface area (Å²) in [4.78, 5) is 27.9. The van der Waals surface area contributed by atoms with Crippen LogP contribution < -0.4 is 5.32 Å². The van der Waals surface area contributed by atoms with Gasteiger partial charge in [0.15, 0.2) is 0 Å². The van der Waals surface area contributed by atoms with E-state index in [2.05, 4.69) is 5.32 Å². The average Bonchev–Trinajstić information content (AvgIpc) is 3.47. The minimum atomic E-state index is -0.305. The summed E-state index contributed by atoms with van der Waals surface area (Å²) >= 11 is 1.58. The lowest BCUT2D eigenvalue weighted by atomic mass is 9.95. The van der Waals surface area contributed by atoms with Crippen molar-refractivity contribution in [2.45, 2.75) is 25.9 Å². The fraction of sp³-hybridized carbons (Fsp3) is 0.259. The molecule has 1 N–H and O–H groups in total. The number of halogens is 2. The highest BCUT2D eigenvalue weighted by Crippen LogP contribution is 2.28. The molecule has 0 spiro atoms. The van der Waals surface area contributed by atoms with Crippen LogP contribution in [0.2, 0.25) is 0 Å². The molecule has 0 radical (unpaired) electrons. The number of likely N-dealkylation sites (tertiary alicyclic amines) is 1. The third-order valence-electron chi connectivity index (χ3n) is 6.53. The van der Waals surface area contributed by atoms with E-state index in [0.717, 1.165) is 21.3 Å². The van der Waals surface area contributed by atoms with Crippen molar-refractivity contribution in [3.63, 3.8) is 0 Å². The highest BCUT2D eigenvalue weighted by atomic mass is 32.1. The lowest BCUT2D eigenvalue weighted by Gasteiger charge is -2.31. The van der Waals surface area contributed by atoms with Crippen LogP contribution in [0.15, 0.2) is 66.0 Å². The second-order valence-electron chi connectivity index (χ2n) is 8.82. The standard InChI is InChI=1S/C27H25F2N3O2S/c28-21-5-1-18(2-6-21)16-30-26(33)20-9-12-31(13-10-20)27(34)24-15-25-23(11-14-35-25)32(24)17-19-3-7-22(29)8-4-19/h1-8,11,14-15,20H,9-10,12-13,16-17H2,(H,30,33). The van der Waals surface area contributed by atoms with Crippen molar-refractivity contribution in [1.29, 1.82) is 0 Å². The smallest absolute Gasteiger partial charge is 0.270 e. The second kappa shape index (κ2) is 10.00. The number of hydrogen-bond acceptors (Lipinski definition) is 3. The van der Waals surface area contributed by atoms with Gasteiger partial charge in [0.1, 0.15) is 17.3 Å². The Hall–Kier alpha value is -3.52. The van der Waals surface area contributed by atoms with Gasteiger partial charge < -0.3 is 14.8 Å². The van der Waals surface area contributed by atoms with Crippen molar-refractivity contribution in [3.8, 4) is 0 Å². The van der Waals surface area contributed by atoms with Gasteiger partial charge in [-0.3, -0.25) is 9.59 Å². The Labute approximate surface area is 206 Å². The molecule has 180 valence electrons. The average molecular weight is 494 g/mol. The lowest BCUT2D eigenvalue weighted by Crippen LogP contribution is -2.43. The van der Waals surface area contributed by atoms with E-state index in [1.54, 1.807) is 35.6 Å². The van der Waals surface area contributed by atoms with Gasteiger partial charge in [-0.25, -0.2) is 8.78 Å². The van der Waals surface area contributed by atoms with Gasteiger partial charge in [0.25, 0.3) is 5.91 Å². The van der Waals surface area contributed by atoms with Gasteiger partial charge in [-0.1, -0.05) is 24.3 Å². The SMILES string of the molecule is O=C(NCc1ccc(F)cc1)C1CCN(C(=O)c2cc3sccc3n2Cc2ccc(F)cc2)CC1. The van der Waals surface area contributed by atoms with Gasteiger partial charge in [-0.2, -0.15) is 0 Å². The van der Waals surface area contributed by atoms with Crippen LogP contribution >= 0.6 is 11.3 Å². The van der Waals surface area contributed by atoms with E-state index in [1.807, 2.05) is 27.0 Å². The molecule has 2 amide bonds. The first-order valence-corrected chi connectivity index (χ1v) is 12.5. The van der Waals surface area contributed by atoms with Crippen LogP contribution in [0.3, 0.4) is 0 Å². The van der Waals surface area contributed by atoms with Crippen molar-refractivity contribution in [3.05, 3.63) is 94.5 Å². The number of piperidine rings is 1. The maximum Gasteiger partial charge on any atom is 0.270 e. The van der Waals surface area contributed by atoms with Gasteiger partial charge in [0.05, 0.1) is 10.2 Å². The molecule has 4 aromatic rings. The van der Waals surface area contributed by atoms with Crippen LogP contribution in [0.25, 0.3) is 10.2 Å². The summed E-state index contributed by atoms with van der Waals surface area (Å²) in [5.41, 5.74) is 3.35. The van der Waals surface area contributed by atoms with E-state index < -0.39 is 0 Å². The van der Waals surface area contributed by atoms with Gasteiger partial charge in [-0.05, 0) is 65.7 Å². The van der Waals surface area contributed by atoms with Crippen molar-refractivity contribution in [2.24, 2.45) is 5.92 Å². The van der Waals surface area contributed by atoms with Crippen molar-refractivity contribution < 1.29 is 18.4 Å². The maximum absolute atomic E-state index is 13.5. The minimum Gasteiger partial charge on any atom is -0.352 e. The molecule has 0 aliphatic carbocycles. The molecule has 1 aliphatic heterocycles. The van der Waals surface area contributed by atoms with E-state index in [-0.39, 0.29) is 29.4 Å². The molecule has 1 aliphatic rings. The summed E-state index contributed by atoms with van der Waals surface area (Å²) in [7, 11) is 0. The molecule has 5 nitrogen and oxygen atoms in total. The number of hydrogen-bond donors (Lipinski definition) is 1. The molecule has 3 heterocycles. The number of carbonyl (C=O) groups excluding carboxylic acids is 2. The fourth-order valence-electron chi connectivity index (χ4n) is 4.54. The van der Waals surface area contributed by atoms with Crippen molar-refractivity contribution in [2.75, 3.05) is 13.1 Å². The molecule has 2 aromatic heterocycles. The molecule has 1 fully saturated rings. The minimum absolute atomic E-state index is 0.0402. The van der Waals surface area contributed by atoms with Gasteiger partial charge in [0.2, 0.25) is 5.91 Å². The summed E-state index contributed by atoms with van der Waals surface area (Å²) in [6.07, 6.45) is 1.18. The Balaban J connectivity index is 1.23. The molecule has 0 atom stereocenters. The number of nitrogens with one attached hydrogen (secondary N) is 1. The third-order valence-corrected chi connectivity index (χ3v) is 7.38. The number of carbonyl (C=O) groups is 2. The number of aromatic nitrogens is 1. The van der Waals surface area contributed by atoms with E-state index in [9.17, 15) is 18.4 Å². The zero-order valence-corrected chi connectivity index (χ0v) is 19.9. The monoisotopic (exact) mass is 493 g/mol. The summed E-state index contributed by atoms with van der Waals surface area (Å²) in [5, 5.41) is 4.92. The predicted octanol–water partition coefficient (Wildman–Crippen LogP) is 5.20. The Morgan fingerprint density at radius 2 is 1.54 bits per heavy atom. The van der Waals surface area contributed by atoms with Crippen LogP contribution in [0.5, 0.6) is 0 Å². The van der Waals surface area contributed by atoms with Crippen LogP contribution in [0.4, 0.5) is 8.78 Å². The molecule has 0 unspecified atom stereocenters. The Bertz CT molecular complexity index is 1340. The molecular formula is C27H25F2N3O2S. The number of fused-ring (bicyclic) bond motifs is 1. The fourth-order valence-corrected chi connectivity index (χ4v) is 5.36. The number of benzene rings is 2. The first-order valence-electron chi connectivity index (χ1n) is 11.6. The Morgan fingerprint density at radius 1 is 0.914 bits per heavy atom. The quantitative estimate of drug-likeness (QED) is 0.402.